The monoisotopic (exact) mass is 556 g/mol. The molecule has 0 spiro atoms. The minimum Gasteiger partial charge on any atom is -0.461 e. The number of esters is 1. The van der Waals surface area contributed by atoms with Crippen LogP contribution in [0.3, 0.4) is 0 Å². The lowest BCUT2D eigenvalue weighted by atomic mass is 9.90. The van der Waals surface area contributed by atoms with Crippen LogP contribution in [0.15, 0.2) is 22.9 Å². The molecule has 1 N–H and O–H groups in total. The van der Waals surface area contributed by atoms with Crippen LogP contribution in [0.2, 0.25) is 21.6 Å². The summed E-state index contributed by atoms with van der Waals surface area (Å²) >= 11 is 9.89. The Balaban J connectivity index is 2.15. The molecule has 6 nitrogen and oxygen atoms in total. The molecule has 182 valence electrons. The number of carbonyl (C=O) groups excluding carboxylic acids is 1. The van der Waals surface area contributed by atoms with Crippen molar-refractivity contribution in [2.45, 2.75) is 77.2 Å². The summed E-state index contributed by atoms with van der Waals surface area (Å²) in [5.74, 6) is -0.557. The summed E-state index contributed by atoms with van der Waals surface area (Å²) in [5.41, 5.74) is 3.36. The standard InChI is InChI=1S/C24H34BrClN2O4Si/c1-8-31-23(30)20-21-22(29)17-10-9-16(26)11-18(17)19(28(21)24(25)27-20)12-32-33(13(2)3,14(4)5)15(6)7/h9-11,13-15,19,22,29H,8,12H2,1-7H3/t19-,22?/m1/s1. The highest BCUT2D eigenvalue weighted by atomic mass is 79.9. The molecule has 1 aliphatic rings. The number of hydrogen-bond donors (Lipinski definition) is 1. The summed E-state index contributed by atoms with van der Waals surface area (Å²) < 4.78 is 14.5. The molecule has 2 aromatic rings. The fraction of sp³-hybridized carbons (Fsp3) is 0.583. The number of nitrogens with zero attached hydrogens (tertiary/aromatic N) is 2. The number of carbonyl (C=O) groups is 1. The van der Waals surface area contributed by atoms with Crippen LogP contribution in [0.1, 0.15) is 87.9 Å². The molecule has 1 aliphatic heterocycles. The highest BCUT2D eigenvalue weighted by Crippen LogP contribution is 2.46. The molecule has 0 amide bonds. The molecule has 3 rings (SSSR count). The predicted octanol–water partition coefficient (Wildman–Crippen LogP) is 6.65. The molecule has 0 saturated carbocycles. The smallest absolute Gasteiger partial charge is 0.358 e. The molecule has 0 saturated heterocycles. The van der Waals surface area contributed by atoms with Gasteiger partial charge in [0, 0.05) is 5.02 Å². The third-order valence-corrected chi connectivity index (χ3v) is 13.7. The number of hydrogen-bond acceptors (Lipinski definition) is 5. The van der Waals surface area contributed by atoms with E-state index in [1.54, 1.807) is 13.0 Å². The number of fused-ring (bicyclic) bond motifs is 2. The molecule has 9 heteroatoms. The molecule has 1 aromatic carbocycles. The lowest BCUT2D eigenvalue weighted by Gasteiger charge is -2.44. The van der Waals surface area contributed by atoms with E-state index < -0.39 is 20.4 Å². The van der Waals surface area contributed by atoms with Gasteiger partial charge in [0.25, 0.3) is 0 Å². The lowest BCUT2D eigenvalue weighted by Crippen LogP contribution is -2.49. The number of halogens is 2. The Morgan fingerprint density at radius 3 is 2.33 bits per heavy atom. The van der Waals surface area contributed by atoms with E-state index in [0.717, 1.165) is 5.56 Å². The Bertz CT molecular complexity index is 1000. The van der Waals surface area contributed by atoms with E-state index in [1.165, 1.54) is 0 Å². The van der Waals surface area contributed by atoms with Crippen molar-refractivity contribution in [3.05, 3.63) is 50.5 Å². The first-order valence-corrected chi connectivity index (χ1v) is 14.8. The van der Waals surface area contributed by atoms with Gasteiger partial charge in [0.2, 0.25) is 0 Å². The molecule has 0 aliphatic carbocycles. The van der Waals surface area contributed by atoms with Gasteiger partial charge < -0.3 is 18.8 Å². The van der Waals surface area contributed by atoms with E-state index >= 15 is 0 Å². The van der Waals surface area contributed by atoms with Gasteiger partial charge in [-0.1, -0.05) is 59.2 Å². The van der Waals surface area contributed by atoms with E-state index in [1.807, 2.05) is 16.7 Å². The highest BCUT2D eigenvalue weighted by Gasteiger charge is 2.46. The first kappa shape index (κ1) is 26.4. The summed E-state index contributed by atoms with van der Waals surface area (Å²) in [7, 11) is -2.17. The number of benzene rings is 1. The summed E-state index contributed by atoms with van der Waals surface area (Å²) in [6, 6.07) is 5.14. The second kappa shape index (κ2) is 10.2. The fourth-order valence-corrected chi connectivity index (χ4v) is 11.8. The van der Waals surface area contributed by atoms with Crippen molar-refractivity contribution in [2.75, 3.05) is 13.2 Å². The largest absolute Gasteiger partial charge is 0.461 e. The van der Waals surface area contributed by atoms with Crippen LogP contribution >= 0.6 is 27.5 Å². The topological polar surface area (TPSA) is 73.6 Å². The molecule has 2 heterocycles. The molecule has 0 radical (unpaired) electrons. The van der Waals surface area contributed by atoms with Gasteiger partial charge in [-0.2, -0.15) is 0 Å². The molecule has 0 bridgehead atoms. The van der Waals surface area contributed by atoms with Crippen LogP contribution in [0.25, 0.3) is 0 Å². The summed E-state index contributed by atoms with van der Waals surface area (Å²) in [4.78, 5) is 17.1. The number of ether oxygens (including phenoxy) is 1. The van der Waals surface area contributed by atoms with Crippen molar-refractivity contribution in [3.63, 3.8) is 0 Å². The van der Waals surface area contributed by atoms with Crippen molar-refractivity contribution >= 4 is 41.8 Å². The Morgan fingerprint density at radius 2 is 1.79 bits per heavy atom. The summed E-state index contributed by atoms with van der Waals surface area (Å²) in [6.45, 7) is 15.9. The summed E-state index contributed by atoms with van der Waals surface area (Å²) in [5, 5.41) is 11.8. The summed E-state index contributed by atoms with van der Waals surface area (Å²) in [6.07, 6.45) is -1.03. The third-order valence-electron chi connectivity index (χ3n) is 6.85. The molecular formula is C24H34BrClN2O4Si. The Morgan fingerprint density at radius 1 is 1.18 bits per heavy atom. The number of aliphatic hydroxyl groups is 1. The average molecular weight is 558 g/mol. The van der Waals surface area contributed by atoms with Crippen molar-refractivity contribution in [2.24, 2.45) is 0 Å². The van der Waals surface area contributed by atoms with E-state index in [0.29, 0.717) is 44.2 Å². The molecule has 33 heavy (non-hydrogen) atoms. The maximum atomic E-state index is 12.7. The Kier molecular flexibility index (Phi) is 8.16. The van der Waals surface area contributed by atoms with Gasteiger partial charge in [0.05, 0.1) is 24.9 Å². The second-order valence-electron chi connectivity index (χ2n) is 9.53. The number of aromatic nitrogens is 2. The van der Waals surface area contributed by atoms with Crippen LogP contribution in [-0.4, -0.2) is 42.2 Å². The minimum absolute atomic E-state index is 0.113. The zero-order chi connectivity index (χ0) is 24.7. The van der Waals surface area contributed by atoms with E-state index in [9.17, 15) is 9.90 Å². The highest BCUT2D eigenvalue weighted by molar-refractivity contribution is 9.10. The Labute approximate surface area is 210 Å². The van der Waals surface area contributed by atoms with Gasteiger partial charge in [0.1, 0.15) is 6.10 Å². The number of aliphatic hydroxyl groups excluding tert-OH is 1. The van der Waals surface area contributed by atoms with Crippen molar-refractivity contribution < 1.29 is 19.1 Å². The lowest BCUT2D eigenvalue weighted by molar-refractivity contribution is 0.0512. The zero-order valence-electron chi connectivity index (χ0n) is 20.4. The molecule has 2 atom stereocenters. The van der Waals surface area contributed by atoms with Gasteiger partial charge in [-0.15, -0.1) is 0 Å². The van der Waals surface area contributed by atoms with Gasteiger partial charge >= 0.3 is 5.97 Å². The van der Waals surface area contributed by atoms with Crippen LogP contribution in [0.5, 0.6) is 0 Å². The normalized spacial score (nSPS) is 18.1. The van der Waals surface area contributed by atoms with Crippen LogP contribution in [0, 0.1) is 0 Å². The minimum atomic E-state index is -2.17. The SMILES string of the molecule is CCOC(=O)c1nc(Br)n2c1C(O)c1ccc(Cl)cc1[C@H]2CO[Si](C(C)C)(C(C)C)C(C)C. The van der Waals surface area contributed by atoms with E-state index in [-0.39, 0.29) is 18.3 Å². The molecule has 1 unspecified atom stereocenters. The fourth-order valence-electron chi connectivity index (χ4n) is 5.58. The van der Waals surface area contributed by atoms with Gasteiger partial charge in [-0.3, -0.25) is 0 Å². The molecule has 0 fully saturated rings. The first-order valence-electron chi connectivity index (χ1n) is 11.5. The maximum Gasteiger partial charge on any atom is 0.358 e. The zero-order valence-corrected chi connectivity index (χ0v) is 23.7. The maximum absolute atomic E-state index is 12.7. The first-order chi connectivity index (χ1) is 15.5. The number of imidazole rings is 1. The van der Waals surface area contributed by atoms with E-state index in [2.05, 4.69) is 62.5 Å². The van der Waals surface area contributed by atoms with Crippen molar-refractivity contribution in [3.8, 4) is 0 Å². The van der Waals surface area contributed by atoms with Crippen LogP contribution in [-0.2, 0) is 9.16 Å². The molecule has 1 aromatic heterocycles. The van der Waals surface area contributed by atoms with E-state index in [4.69, 9.17) is 20.8 Å². The predicted molar refractivity (Wildman–Crippen MR) is 137 cm³/mol. The van der Waals surface area contributed by atoms with Crippen LogP contribution < -0.4 is 0 Å². The van der Waals surface area contributed by atoms with Crippen molar-refractivity contribution in [1.29, 1.82) is 0 Å². The molecular weight excluding hydrogens is 524 g/mol. The van der Waals surface area contributed by atoms with Gasteiger partial charge in [-0.05, 0) is 62.7 Å². The average Bonchev–Trinajstić information content (AvgIpc) is 3.07. The van der Waals surface area contributed by atoms with Gasteiger partial charge in [0.15, 0.2) is 18.7 Å². The van der Waals surface area contributed by atoms with Crippen LogP contribution in [0.4, 0.5) is 0 Å². The number of rotatable bonds is 8. The quantitative estimate of drug-likeness (QED) is 0.290. The van der Waals surface area contributed by atoms with Crippen molar-refractivity contribution in [1.82, 2.24) is 9.55 Å². The second-order valence-corrected chi connectivity index (χ2v) is 16.1. The Hall–Kier alpha value is -1.19. The third kappa shape index (κ3) is 4.57. The van der Waals surface area contributed by atoms with Gasteiger partial charge in [-0.25, -0.2) is 9.78 Å².